The normalized spacial score (nSPS) is 14.4. The summed E-state index contributed by atoms with van der Waals surface area (Å²) in [5.74, 6) is -0.926. The van der Waals surface area contributed by atoms with Crippen LogP contribution in [-0.2, 0) is 9.59 Å². The predicted molar refractivity (Wildman–Crippen MR) is 125 cm³/mol. The van der Waals surface area contributed by atoms with Gasteiger partial charge in [-0.25, -0.2) is 9.97 Å². The summed E-state index contributed by atoms with van der Waals surface area (Å²) in [4.78, 5) is 38.9. The number of imide groups is 1. The van der Waals surface area contributed by atoms with Crippen molar-refractivity contribution >= 4 is 34.0 Å². The Morgan fingerprint density at radius 3 is 2.35 bits per heavy atom. The van der Waals surface area contributed by atoms with E-state index in [4.69, 9.17) is 9.47 Å². The zero-order chi connectivity index (χ0) is 23.8. The molecule has 4 heterocycles. The molecular formula is C25H21N5O4. The van der Waals surface area contributed by atoms with E-state index in [1.165, 1.54) is 20.4 Å². The Labute approximate surface area is 195 Å². The topological polar surface area (TPSA) is 108 Å². The van der Waals surface area contributed by atoms with Crippen LogP contribution < -0.4 is 14.8 Å². The maximum Gasteiger partial charge on any atom is 0.319 e. The second-order valence-corrected chi connectivity index (χ2v) is 7.72. The first-order valence-electron chi connectivity index (χ1n) is 10.6. The molecule has 1 unspecified atom stereocenters. The molecular weight excluding hydrogens is 434 g/mol. The minimum atomic E-state index is -0.548. The lowest BCUT2D eigenvalue weighted by Gasteiger charge is -2.15. The molecule has 170 valence electrons. The molecule has 1 atom stereocenters. The molecule has 34 heavy (non-hydrogen) atoms. The summed E-state index contributed by atoms with van der Waals surface area (Å²) in [6, 6.07) is 13.7. The van der Waals surface area contributed by atoms with Crippen LogP contribution in [0.1, 0.15) is 29.7 Å². The van der Waals surface area contributed by atoms with Gasteiger partial charge in [0.2, 0.25) is 5.88 Å². The molecule has 2 amide bonds. The minimum absolute atomic E-state index is 0.0598. The third-order valence-corrected chi connectivity index (χ3v) is 5.87. The van der Waals surface area contributed by atoms with Crippen molar-refractivity contribution in [3.05, 3.63) is 77.7 Å². The van der Waals surface area contributed by atoms with Crippen LogP contribution in [0, 0.1) is 0 Å². The molecule has 0 saturated heterocycles. The highest BCUT2D eigenvalue weighted by molar-refractivity contribution is 6.50. The minimum Gasteiger partial charge on any atom is -0.480 e. The zero-order valence-corrected chi connectivity index (χ0v) is 18.8. The van der Waals surface area contributed by atoms with Crippen LogP contribution >= 0.6 is 0 Å². The molecule has 0 radical (unpaired) electrons. The van der Waals surface area contributed by atoms with Crippen LogP contribution in [0.25, 0.3) is 22.2 Å². The number of benzene rings is 1. The van der Waals surface area contributed by atoms with E-state index in [-0.39, 0.29) is 29.1 Å². The molecule has 9 heteroatoms. The summed E-state index contributed by atoms with van der Waals surface area (Å²) in [6.07, 6.45) is 4.98. The van der Waals surface area contributed by atoms with E-state index in [1.54, 1.807) is 12.3 Å². The monoisotopic (exact) mass is 455 g/mol. The number of nitrogens with one attached hydrogen (secondary N) is 1. The number of methoxy groups -OCH3 is 2. The Morgan fingerprint density at radius 2 is 1.65 bits per heavy atom. The van der Waals surface area contributed by atoms with Crippen LogP contribution in [0.5, 0.6) is 11.9 Å². The summed E-state index contributed by atoms with van der Waals surface area (Å²) in [5.41, 5.74) is 3.02. The van der Waals surface area contributed by atoms with Gasteiger partial charge in [0.25, 0.3) is 11.8 Å². The van der Waals surface area contributed by atoms with Crippen molar-refractivity contribution in [2.75, 3.05) is 14.2 Å². The number of carbonyl (C=O) groups excluding carboxylic acids is 2. The smallest absolute Gasteiger partial charge is 0.319 e. The number of carbonyl (C=O) groups is 2. The maximum atomic E-state index is 13.1. The highest BCUT2D eigenvalue weighted by Crippen LogP contribution is 2.39. The van der Waals surface area contributed by atoms with Crippen molar-refractivity contribution in [1.82, 2.24) is 24.8 Å². The summed E-state index contributed by atoms with van der Waals surface area (Å²) < 4.78 is 12.5. The average molecular weight is 455 g/mol. The fraction of sp³-hybridized carbons (Fsp3) is 0.160. The number of pyridine rings is 1. The van der Waals surface area contributed by atoms with Gasteiger partial charge in [0.1, 0.15) is 5.65 Å². The lowest BCUT2D eigenvalue weighted by Crippen LogP contribution is -2.23. The fourth-order valence-corrected chi connectivity index (χ4v) is 4.21. The molecule has 0 bridgehead atoms. The van der Waals surface area contributed by atoms with E-state index in [0.29, 0.717) is 16.8 Å². The largest absolute Gasteiger partial charge is 0.480 e. The van der Waals surface area contributed by atoms with E-state index in [0.717, 1.165) is 10.9 Å². The zero-order valence-electron chi connectivity index (χ0n) is 18.8. The van der Waals surface area contributed by atoms with Gasteiger partial charge < -0.3 is 14.0 Å². The van der Waals surface area contributed by atoms with Crippen molar-refractivity contribution in [1.29, 1.82) is 0 Å². The number of nitrogens with zero attached hydrogens (tertiary/aromatic N) is 4. The Bertz CT molecular complexity index is 1460. The van der Waals surface area contributed by atoms with E-state index in [1.807, 2.05) is 47.2 Å². The van der Waals surface area contributed by atoms with Gasteiger partial charge in [-0.15, -0.1) is 0 Å². The molecule has 5 rings (SSSR count). The van der Waals surface area contributed by atoms with Gasteiger partial charge in [0.05, 0.1) is 37.0 Å². The maximum absolute atomic E-state index is 13.1. The molecule has 0 saturated carbocycles. The lowest BCUT2D eigenvalue weighted by molar-refractivity contribution is -0.122. The summed E-state index contributed by atoms with van der Waals surface area (Å²) >= 11 is 0. The number of aromatic nitrogens is 4. The molecule has 3 aromatic heterocycles. The van der Waals surface area contributed by atoms with Gasteiger partial charge in [-0.2, -0.15) is 4.98 Å². The van der Waals surface area contributed by atoms with E-state index in [9.17, 15) is 9.59 Å². The summed E-state index contributed by atoms with van der Waals surface area (Å²) in [5, 5.41) is 3.15. The number of ether oxygens (including phenoxy) is 2. The molecule has 1 N–H and O–H groups in total. The Morgan fingerprint density at radius 1 is 0.912 bits per heavy atom. The van der Waals surface area contributed by atoms with Gasteiger partial charge in [0.15, 0.2) is 0 Å². The number of amides is 2. The first-order chi connectivity index (χ1) is 16.5. The SMILES string of the molecule is COc1ncc(C2=C(c3cn(C(C)c4ccccc4)c4ncccc34)C(=O)NC2=O)c(OC)n1. The van der Waals surface area contributed by atoms with Crippen molar-refractivity contribution < 1.29 is 19.1 Å². The molecule has 0 fully saturated rings. The van der Waals surface area contributed by atoms with Crippen LogP contribution in [-0.4, -0.2) is 45.6 Å². The second kappa shape index (κ2) is 8.43. The van der Waals surface area contributed by atoms with E-state index in [2.05, 4.69) is 27.2 Å². The molecule has 1 aliphatic heterocycles. The Hall–Kier alpha value is -4.53. The third-order valence-electron chi connectivity index (χ3n) is 5.87. The van der Waals surface area contributed by atoms with Crippen LogP contribution in [0.15, 0.2) is 61.1 Å². The van der Waals surface area contributed by atoms with Gasteiger partial charge in [0, 0.05) is 29.5 Å². The summed E-state index contributed by atoms with van der Waals surface area (Å²) in [6.45, 7) is 2.06. The second-order valence-electron chi connectivity index (χ2n) is 7.72. The number of fused-ring (bicyclic) bond motifs is 1. The van der Waals surface area contributed by atoms with Crippen molar-refractivity contribution in [3.8, 4) is 11.9 Å². The fourth-order valence-electron chi connectivity index (χ4n) is 4.21. The molecule has 9 nitrogen and oxygen atoms in total. The van der Waals surface area contributed by atoms with Crippen LogP contribution in [0.2, 0.25) is 0 Å². The predicted octanol–water partition coefficient (Wildman–Crippen LogP) is 3.02. The van der Waals surface area contributed by atoms with Crippen molar-refractivity contribution in [3.63, 3.8) is 0 Å². The summed E-state index contributed by atoms with van der Waals surface area (Å²) in [7, 11) is 2.86. The molecule has 0 aliphatic carbocycles. The quantitative estimate of drug-likeness (QED) is 0.445. The first-order valence-corrected chi connectivity index (χ1v) is 10.6. The molecule has 0 spiro atoms. The lowest BCUT2D eigenvalue weighted by atomic mass is 9.97. The van der Waals surface area contributed by atoms with E-state index < -0.39 is 11.8 Å². The number of hydrogen-bond donors (Lipinski definition) is 1. The van der Waals surface area contributed by atoms with Crippen LogP contribution in [0.3, 0.4) is 0 Å². The van der Waals surface area contributed by atoms with E-state index >= 15 is 0 Å². The number of hydrogen-bond acceptors (Lipinski definition) is 7. The highest BCUT2D eigenvalue weighted by Gasteiger charge is 2.36. The van der Waals surface area contributed by atoms with Crippen molar-refractivity contribution in [2.24, 2.45) is 0 Å². The van der Waals surface area contributed by atoms with Crippen molar-refractivity contribution in [2.45, 2.75) is 13.0 Å². The molecule has 4 aromatic rings. The molecule has 1 aromatic carbocycles. The Balaban J connectivity index is 1.76. The first kappa shape index (κ1) is 21.3. The van der Waals surface area contributed by atoms with Gasteiger partial charge >= 0.3 is 6.01 Å². The van der Waals surface area contributed by atoms with Gasteiger partial charge in [-0.1, -0.05) is 30.3 Å². The number of rotatable bonds is 6. The highest BCUT2D eigenvalue weighted by atomic mass is 16.5. The van der Waals surface area contributed by atoms with Crippen LogP contribution in [0.4, 0.5) is 0 Å². The van der Waals surface area contributed by atoms with Gasteiger partial charge in [-0.3, -0.25) is 14.9 Å². The molecule has 1 aliphatic rings. The average Bonchev–Trinajstić information content (AvgIpc) is 3.39. The standard InChI is InChI=1S/C25H21N5O4/c1-14(15-8-5-4-6-9-15)30-13-18(16-10-7-11-26-21(16)30)20-19(22(31)28-23(20)32)17-12-27-25(34-3)29-24(17)33-2/h4-14H,1-3H3,(H,28,31,32). The Kier molecular flexibility index (Phi) is 5.29. The third kappa shape index (κ3) is 3.38. The van der Waals surface area contributed by atoms with Gasteiger partial charge in [-0.05, 0) is 24.6 Å².